The second-order valence-corrected chi connectivity index (χ2v) is 5.12. The molecule has 0 fully saturated rings. The smallest absolute Gasteiger partial charge is 0.319 e. The van der Waals surface area contributed by atoms with Crippen molar-refractivity contribution < 1.29 is 19.0 Å². The molecule has 0 atom stereocenters. The zero-order valence-electron chi connectivity index (χ0n) is 14.1. The van der Waals surface area contributed by atoms with E-state index in [1.165, 1.54) is 0 Å². The molecule has 2 aromatic carbocycles. The Kier molecular flexibility index (Phi) is 6.31. The van der Waals surface area contributed by atoms with E-state index in [0.29, 0.717) is 36.1 Å². The van der Waals surface area contributed by atoms with E-state index in [0.717, 1.165) is 5.56 Å². The van der Waals surface area contributed by atoms with Crippen molar-refractivity contribution in [2.75, 3.05) is 32.7 Å². The van der Waals surface area contributed by atoms with E-state index in [9.17, 15) is 4.79 Å². The Morgan fingerprint density at radius 1 is 1.04 bits per heavy atom. The molecule has 6 nitrogen and oxygen atoms in total. The molecule has 2 rings (SSSR count). The summed E-state index contributed by atoms with van der Waals surface area (Å²) in [6, 6.07) is 12.5. The Balaban J connectivity index is 1.76. The Hall–Kier alpha value is -2.89. The lowest BCUT2D eigenvalue weighted by molar-refractivity contribution is 0.246. The highest BCUT2D eigenvalue weighted by atomic mass is 16.5. The third-order valence-corrected chi connectivity index (χ3v) is 3.29. The predicted octanol–water partition coefficient (Wildman–Crippen LogP) is 3.21. The van der Waals surface area contributed by atoms with Gasteiger partial charge >= 0.3 is 6.03 Å². The summed E-state index contributed by atoms with van der Waals surface area (Å²) in [6.45, 7) is 2.69. The van der Waals surface area contributed by atoms with Crippen LogP contribution in [0.1, 0.15) is 5.56 Å². The van der Waals surface area contributed by atoms with Gasteiger partial charge in [0.1, 0.15) is 12.4 Å². The van der Waals surface area contributed by atoms with Crippen molar-refractivity contribution in [3.63, 3.8) is 0 Å². The van der Waals surface area contributed by atoms with Gasteiger partial charge < -0.3 is 24.8 Å². The van der Waals surface area contributed by atoms with Crippen molar-refractivity contribution in [2.24, 2.45) is 0 Å². The van der Waals surface area contributed by atoms with Gasteiger partial charge in [-0.2, -0.15) is 0 Å². The number of hydrogen-bond donors (Lipinski definition) is 2. The number of aryl methyl sites for hydroxylation is 1. The number of methoxy groups -OCH3 is 2. The van der Waals surface area contributed by atoms with E-state index in [-0.39, 0.29) is 6.03 Å². The lowest BCUT2D eigenvalue weighted by atomic mass is 10.2. The van der Waals surface area contributed by atoms with E-state index < -0.39 is 0 Å². The van der Waals surface area contributed by atoms with Gasteiger partial charge in [-0.1, -0.05) is 12.1 Å². The van der Waals surface area contributed by atoms with Crippen LogP contribution in [0.15, 0.2) is 42.5 Å². The summed E-state index contributed by atoms with van der Waals surface area (Å²) >= 11 is 0. The van der Waals surface area contributed by atoms with Crippen molar-refractivity contribution in [1.29, 1.82) is 0 Å². The van der Waals surface area contributed by atoms with Crippen LogP contribution in [-0.2, 0) is 0 Å². The molecule has 2 N–H and O–H groups in total. The van der Waals surface area contributed by atoms with Crippen LogP contribution in [-0.4, -0.2) is 33.4 Å². The maximum Gasteiger partial charge on any atom is 0.319 e. The van der Waals surface area contributed by atoms with Gasteiger partial charge in [0, 0.05) is 11.8 Å². The quantitative estimate of drug-likeness (QED) is 0.765. The van der Waals surface area contributed by atoms with Gasteiger partial charge in [-0.05, 0) is 36.8 Å². The molecule has 0 aliphatic rings. The number of benzene rings is 2. The molecule has 0 saturated heterocycles. The minimum atomic E-state index is -0.303. The van der Waals surface area contributed by atoms with Gasteiger partial charge in [0.25, 0.3) is 0 Å². The SMILES string of the molecule is COc1cccc(NC(=O)NCCOc2ccc(C)cc2OC)c1. The van der Waals surface area contributed by atoms with Gasteiger partial charge in [-0.25, -0.2) is 4.79 Å². The first kappa shape index (κ1) is 17.5. The Morgan fingerprint density at radius 3 is 2.62 bits per heavy atom. The lowest BCUT2D eigenvalue weighted by Gasteiger charge is -2.12. The molecule has 0 saturated carbocycles. The van der Waals surface area contributed by atoms with E-state index in [4.69, 9.17) is 14.2 Å². The lowest BCUT2D eigenvalue weighted by Crippen LogP contribution is -2.32. The van der Waals surface area contributed by atoms with E-state index in [1.54, 1.807) is 32.4 Å². The molecule has 24 heavy (non-hydrogen) atoms. The van der Waals surface area contributed by atoms with Crippen LogP contribution >= 0.6 is 0 Å². The Morgan fingerprint density at radius 2 is 1.88 bits per heavy atom. The molecule has 0 spiro atoms. The highest BCUT2D eigenvalue weighted by Crippen LogP contribution is 2.27. The summed E-state index contributed by atoms with van der Waals surface area (Å²) in [5.74, 6) is 2.01. The highest BCUT2D eigenvalue weighted by molar-refractivity contribution is 5.89. The van der Waals surface area contributed by atoms with E-state index in [1.807, 2.05) is 31.2 Å². The van der Waals surface area contributed by atoms with Crippen LogP contribution in [0.3, 0.4) is 0 Å². The molecule has 0 aliphatic heterocycles. The Bertz CT molecular complexity index is 688. The van der Waals surface area contributed by atoms with Gasteiger partial charge in [0.15, 0.2) is 11.5 Å². The topological polar surface area (TPSA) is 68.8 Å². The van der Waals surface area contributed by atoms with Gasteiger partial charge in [-0.3, -0.25) is 0 Å². The normalized spacial score (nSPS) is 9.96. The minimum Gasteiger partial charge on any atom is -0.497 e. The second-order valence-electron chi connectivity index (χ2n) is 5.12. The first-order valence-corrected chi connectivity index (χ1v) is 7.58. The van der Waals surface area contributed by atoms with Crippen LogP contribution in [0.4, 0.5) is 10.5 Å². The first-order chi connectivity index (χ1) is 11.6. The standard InChI is InChI=1S/C18H22N2O4/c1-13-7-8-16(17(11-13)23-3)24-10-9-19-18(21)20-14-5-4-6-15(12-14)22-2/h4-8,11-12H,9-10H2,1-3H3,(H2,19,20,21). The fourth-order valence-corrected chi connectivity index (χ4v) is 2.10. The monoisotopic (exact) mass is 330 g/mol. The summed E-state index contributed by atoms with van der Waals surface area (Å²) < 4.78 is 16.0. The molecule has 6 heteroatoms. The highest BCUT2D eigenvalue weighted by Gasteiger charge is 2.05. The van der Waals surface area contributed by atoms with Gasteiger partial charge in [-0.15, -0.1) is 0 Å². The minimum absolute atomic E-state index is 0.303. The summed E-state index contributed by atoms with van der Waals surface area (Å²) in [6.07, 6.45) is 0. The number of urea groups is 1. The molecular weight excluding hydrogens is 308 g/mol. The molecule has 0 heterocycles. The van der Waals surface area contributed by atoms with Gasteiger partial charge in [0.05, 0.1) is 20.8 Å². The van der Waals surface area contributed by atoms with Crippen LogP contribution in [0.2, 0.25) is 0 Å². The Labute approximate surface area is 141 Å². The molecule has 0 aliphatic carbocycles. The molecule has 0 bridgehead atoms. The molecule has 0 unspecified atom stereocenters. The molecular formula is C18H22N2O4. The molecule has 128 valence electrons. The maximum absolute atomic E-state index is 11.8. The summed E-state index contributed by atoms with van der Waals surface area (Å²) in [5, 5.41) is 5.47. The third-order valence-electron chi connectivity index (χ3n) is 3.29. The predicted molar refractivity (Wildman–Crippen MR) is 93.2 cm³/mol. The van der Waals surface area contributed by atoms with Crippen LogP contribution in [0, 0.1) is 6.92 Å². The second kappa shape index (κ2) is 8.67. The fourth-order valence-electron chi connectivity index (χ4n) is 2.10. The van der Waals surface area contributed by atoms with Gasteiger partial charge in [0.2, 0.25) is 0 Å². The fraction of sp³-hybridized carbons (Fsp3) is 0.278. The number of rotatable bonds is 7. The number of amides is 2. The molecule has 0 aromatic heterocycles. The molecule has 0 radical (unpaired) electrons. The van der Waals surface area contributed by atoms with Crippen LogP contribution in [0.25, 0.3) is 0 Å². The molecule has 2 aromatic rings. The average molecular weight is 330 g/mol. The largest absolute Gasteiger partial charge is 0.497 e. The zero-order chi connectivity index (χ0) is 17.4. The maximum atomic E-state index is 11.8. The zero-order valence-corrected chi connectivity index (χ0v) is 14.1. The third kappa shape index (κ3) is 5.08. The van der Waals surface area contributed by atoms with E-state index in [2.05, 4.69) is 10.6 Å². The number of ether oxygens (including phenoxy) is 3. The first-order valence-electron chi connectivity index (χ1n) is 7.58. The average Bonchev–Trinajstić information content (AvgIpc) is 2.59. The van der Waals surface area contributed by atoms with Crippen LogP contribution < -0.4 is 24.8 Å². The number of carbonyl (C=O) groups excluding carboxylic acids is 1. The number of carbonyl (C=O) groups is 1. The number of hydrogen-bond acceptors (Lipinski definition) is 4. The molecule has 2 amide bonds. The van der Waals surface area contributed by atoms with Crippen molar-refractivity contribution in [3.8, 4) is 17.2 Å². The summed E-state index contributed by atoms with van der Waals surface area (Å²) in [4.78, 5) is 11.8. The van der Waals surface area contributed by atoms with E-state index >= 15 is 0 Å². The van der Waals surface area contributed by atoms with Crippen molar-refractivity contribution in [1.82, 2.24) is 5.32 Å². The van der Waals surface area contributed by atoms with Crippen molar-refractivity contribution >= 4 is 11.7 Å². The number of anilines is 1. The van der Waals surface area contributed by atoms with Crippen LogP contribution in [0.5, 0.6) is 17.2 Å². The van der Waals surface area contributed by atoms with Crippen molar-refractivity contribution in [3.05, 3.63) is 48.0 Å². The summed E-state index contributed by atoms with van der Waals surface area (Å²) in [7, 11) is 3.18. The number of nitrogens with one attached hydrogen (secondary N) is 2. The summed E-state index contributed by atoms with van der Waals surface area (Å²) in [5.41, 5.74) is 1.75. The van der Waals surface area contributed by atoms with Crippen molar-refractivity contribution in [2.45, 2.75) is 6.92 Å².